The van der Waals surface area contributed by atoms with Crippen molar-refractivity contribution in [3.05, 3.63) is 71.0 Å². The molecule has 1 fully saturated rings. The molecular weight excluding hydrogens is 367 g/mol. The Balaban J connectivity index is 1.40. The topological polar surface area (TPSA) is 52.6 Å². The maximum Gasteiger partial charge on any atom is 0.183 e. The highest BCUT2D eigenvalue weighted by Crippen LogP contribution is 2.45. The van der Waals surface area contributed by atoms with E-state index in [4.69, 9.17) is 0 Å². The van der Waals surface area contributed by atoms with Crippen LogP contribution in [0.1, 0.15) is 42.4 Å². The molecule has 1 saturated carbocycles. The van der Waals surface area contributed by atoms with Crippen LogP contribution in [0.5, 0.6) is 0 Å². The van der Waals surface area contributed by atoms with Gasteiger partial charge in [-0.15, -0.1) is 0 Å². The summed E-state index contributed by atoms with van der Waals surface area (Å²) in [5.41, 5.74) is 1.12. The van der Waals surface area contributed by atoms with E-state index in [1.54, 1.807) is 6.07 Å². The molecule has 4 nitrogen and oxygen atoms in total. The lowest BCUT2D eigenvalue weighted by atomic mass is 9.67. The number of rotatable bonds is 7. The molecular formula is C24H29FN2O2. The van der Waals surface area contributed by atoms with Crippen molar-refractivity contribution in [1.82, 2.24) is 10.2 Å². The van der Waals surface area contributed by atoms with Crippen LogP contribution in [0, 0.1) is 11.7 Å². The number of halogens is 1. The average molecular weight is 397 g/mol. The van der Waals surface area contributed by atoms with E-state index in [0.29, 0.717) is 12.1 Å². The summed E-state index contributed by atoms with van der Waals surface area (Å²) in [6, 6.07) is 14.7. The maximum atomic E-state index is 13.9. The van der Waals surface area contributed by atoms with E-state index in [1.165, 1.54) is 17.7 Å². The standard InChI is InChI=1S/C24H29FN2O2/c25-21-10-11-22-19(14-21)16-27(17-23(28)24(22,29)20-8-4-9-20)13-5-12-26-15-18-6-2-1-3-7-18/h1-3,6-7,10-11,14,20,26,29H,4-5,8-9,12-13,15-17H2. The number of ketones is 1. The van der Waals surface area contributed by atoms with Crippen molar-refractivity contribution >= 4 is 5.78 Å². The summed E-state index contributed by atoms with van der Waals surface area (Å²) in [7, 11) is 0. The molecule has 4 rings (SSSR count). The first-order chi connectivity index (χ1) is 14.1. The van der Waals surface area contributed by atoms with Gasteiger partial charge in [-0.05, 0) is 60.5 Å². The summed E-state index contributed by atoms with van der Waals surface area (Å²) >= 11 is 0. The minimum atomic E-state index is -1.47. The Kier molecular flexibility index (Phi) is 6.09. The molecule has 0 amide bonds. The predicted octanol–water partition coefficient (Wildman–Crippen LogP) is 3.38. The Morgan fingerprint density at radius 3 is 2.66 bits per heavy atom. The summed E-state index contributed by atoms with van der Waals surface area (Å²) in [6.07, 6.45) is 3.62. The van der Waals surface area contributed by atoms with Gasteiger partial charge in [0.1, 0.15) is 5.82 Å². The first-order valence-electron chi connectivity index (χ1n) is 10.6. The number of aliphatic hydroxyl groups is 1. The molecule has 2 aliphatic rings. The quantitative estimate of drug-likeness (QED) is 0.705. The third kappa shape index (κ3) is 4.27. The fourth-order valence-corrected chi connectivity index (χ4v) is 4.52. The smallest absolute Gasteiger partial charge is 0.183 e. The Morgan fingerprint density at radius 2 is 1.93 bits per heavy atom. The van der Waals surface area contributed by atoms with Gasteiger partial charge >= 0.3 is 0 Å². The van der Waals surface area contributed by atoms with Crippen molar-refractivity contribution in [2.75, 3.05) is 19.6 Å². The first-order valence-corrected chi connectivity index (χ1v) is 10.6. The number of nitrogens with one attached hydrogen (secondary N) is 1. The third-order valence-electron chi connectivity index (χ3n) is 6.36. The zero-order chi connectivity index (χ0) is 20.3. The van der Waals surface area contributed by atoms with Gasteiger partial charge < -0.3 is 10.4 Å². The van der Waals surface area contributed by atoms with Crippen molar-refractivity contribution in [3.63, 3.8) is 0 Å². The van der Waals surface area contributed by atoms with E-state index in [9.17, 15) is 14.3 Å². The summed E-state index contributed by atoms with van der Waals surface area (Å²) in [4.78, 5) is 15.1. The van der Waals surface area contributed by atoms with Crippen LogP contribution >= 0.6 is 0 Å². The molecule has 5 heteroatoms. The molecule has 2 N–H and O–H groups in total. The molecule has 0 bridgehead atoms. The highest BCUT2D eigenvalue weighted by atomic mass is 19.1. The van der Waals surface area contributed by atoms with Crippen molar-refractivity contribution in [2.45, 2.75) is 44.4 Å². The lowest BCUT2D eigenvalue weighted by Crippen LogP contribution is -2.48. The zero-order valence-electron chi connectivity index (χ0n) is 16.7. The molecule has 1 aliphatic carbocycles. The highest BCUT2D eigenvalue weighted by molar-refractivity contribution is 5.91. The molecule has 1 unspecified atom stereocenters. The number of hydrogen-bond acceptors (Lipinski definition) is 4. The average Bonchev–Trinajstić information content (AvgIpc) is 2.76. The zero-order valence-corrected chi connectivity index (χ0v) is 16.7. The summed E-state index contributed by atoms with van der Waals surface area (Å²) < 4.78 is 13.9. The molecule has 0 saturated heterocycles. The third-order valence-corrected chi connectivity index (χ3v) is 6.36. The van der Waals surface area contributed by atoms with Gasteiger partial charge in [-0.25, -0.2) is 4.39 Å². The van der Waals surface area contributed by atoms with E-state index >= 15 is 0 Å². The fourth-order valence-electron chi connectivity index (χ4n) is 4.52. The highest BCUT2D eigenvalue weighted by Gasteiger charge is 2.50. The SMILES string of the molecule is O=C1CN(CCCNCc2ccccc2)Cc2cc(F)ccc2C1(O)C1CCC1. The number of carbonyl (C=O) groups is 1. The summed E-state index contributed by atoms with van der Waals surface area (Å²) in [5.74, 6) is -0.518. The molecule has 0 aromatic heterocycles. The molecule has 1 atom stereocenters. The summed E-state index contributed by atoms with van der Waals surface area (Å²) in [6.45, 7) is 3.08. The number of hydrogen-bond donors (Lipinski definition) is 2. The van der Waals surface area contributed by atoms with Crippen LogP contribution in [0.3, 0.4) is 0 Å². The van der Waals surface area contributed by atoms with Crippen molar-refractivity contribution < 1.29 is 14.3 Å². The van der Waals surface area contributed by atoms with E-state index < -0.39 is 5.60 Å². The van der Waals surface area contributed by atoms with Gasteiger partial charge in [-0.1, -0.05) is 42.8 Å². The number of fused-ring (bicyclic) bond motifs is 1. The number of carbonyl (C=O) groups excluding carboxylic acids is 1. The van der Waals surface area contributed by atoms with Gasteiger partial charge in [0.25, 0.3) is 0 Å². The minimum absolute atomic E-state index is 0.0494. The van der Waals surface area contributed by atoms with Crippen molar-refractivity contribution in [3.8, 4) is 0 Å². The monoisotopic (exact) mass is 396 g/mol. The Hall–Kier alpha value is -2.08. The lowest BCUT2D eigenvalue weighted by Gasteiger charge is -2.40. The second-order valence-corrected chi connectivity index (χ2v) is 8.35. The van der Waals surface area contributed by atoms with Crippen LogP contribution in [0.25, 0.3) is 0 Å². The second kappa shape index (κ2) is 8.74. The molecule has 2 aromatic rings. The van der Waals surface area contributed by atoms with Crippen LogP contribution in [0.15, 0.2) is 48.5 Å². The normalized spacial score (nSPS) is 22.8. The van der Waals surface area contributed by atoms with Gasteiger partial charge in [0.05, 0.1) is 6.54 Å². The van der Waals surface area contributed by atoms with E-state index in [0.717, 1.165) is 50.9 Å². The Labute approximate surface area is 171 Å². The van der Waals surface area contributed by atoms with Crippen LogP contribution < -0.4 is 5.32 Å². The van der Waals surface area contributed by atoms with Gasteiger partial charge in [-0.3, -0.25) is 9.69 Å². The molecule has 154 valence electrons. The Morgan fingerprint density at radius 1 is 1.14 bits per heavy atom. The Bertz CT molecular complexity index is 853. The molecule has 2 aromatic carbocycles. The van der Waals surface area contributed by atoms with Crippen LogP contribution in [0.2, 0.25) is 0 Å². The van der Waals surface area contributed by atoms with Gasteiger partial charge in [0.2, 0.25) is 0 Å². The van der Waals surface area contributed by atoms with Crippen molar-refractivity contribution in [2.24, 2.45) is 5.92 Å². The van der Waals surface area contributed by atoms with Crippen LogP contribution in [-0.2, 0) is 23.5 Å². The van der Waals surface area contributed by atoms with Crippen LogP contribution in [0.4, 0.5) is 4.39 Å². The van der Waals surface area contributed by atoms with E-state index in [1.807, 2.05) is 23.1 Å². The molecule has 1 heterocycles. The number of Topliss-reactive ketones (excluding diaryl/α,β-unsaturated/α-hetero) is 1. The number of benzene rings is 2. The molecule has 1 aliphatic heterocycles. The van der Waals surface area contributed by atoms with Crippen molar-refractivity contribution in [1.29, 1.82) is 0 Å². The molecule has 29 heavy (non-hydrogen) atoms. The van der Waals surface area contributed by atoms with Gasteiger partial charge in [-0.2, -0.15) is 0 Å². The molecule has 0 radical (unpaired) electrons. The largest absolute Gasteiger partial charge is 0.377 e. The van der Waals surface area contributed by atoms with Gasteiger partial charge in [0.15, 0.2) is 11.4 Å². The lowest BCUT2D eigenvalue weighted by molar-refractivity contribution is -0.150. The van der Waals surface area contributed by atoms with Crippen LogP contribution in [-0.4, -0.2) is 35.4 Å². The fraction of sp³-hybridized carbons (Fsp3) is 0.458. The predicted molar refractivity (Wildman–Crippen MR) is 111 cm³/mol. The summed E-state index contributed by atoms with van der Waals surface area (Å²) in [5, 5.41) is 14.9. The number of nitrogens with zero attached hydrogens (tertiary/aromatic N) is 1. The second-order valence-electron chi connectivity index (χ2n) is 8.35. The van der Waals surface area contributed by atoms with Gasteiger partial charge in [0, 0.05) is 19.6 Å². The molecule has 0 spiro atoms. The first kappa shape index (κ1) is 20.2. The van der Waals surface area contributed by atoms with E-state index in [2.05, 4.69) is 17.4 Å². The minimum Gasteiger partial charge on any atom is -0.377 e. The van der Waals surface area contributed by atoms with E-state index in [-0.39, 0.29) is 24.1 Å². The maximum absolute atomic E-state index is 13.9.